The third-order valence-electron chi connectivity index (χ3n) is 10.3. The van der Waals surface area contributed by atoms with Crippen LogP contribution < -0.4 is 10.2 Å². The van der Waals surface area contributed by atoms with Crippen molar-refractivity contribution in [2.45, 2.75) is 49.5 Å². The monoisotopic (exact) mass is 613 g/mol. The van der Waals surface area contributed by atoms with Gasteiger partial charge in [-0.1, -0.05) is 91.0 Å². The minimum absolute atomic E-state index is 0. The number of anilines is 1. The van der Waals surface area contributed by atoms with Crippen LogP contribution in [0.25, 0.3) is 0 Å². The van der Waals surface area contributed by atoms with Gasteiger partial charge in [0.25, 0.3) is 0 Å². The van der Waals surface area contributed by atoms with Crippen molar-refractivity contribution >= 4 is 30.5 Å². The minimum atomic E-state index is 0. The summed E-state index contributed by atoms with van der Waals surface area (Å²) in [5, 5.41) is 3.31. The molecule has 0 amide bonds. The first kappa shape index (κ1) is 31.6. The molecule has 1 unspecified atom stereocenters. The molecule has 9 rings (SSSR count). The van der Waals surface area contributed by atoms with Gasteiger partial charge >= 0.3 is 0 Å². The molecule has 4 aromatic carbocycles. The fourth-order valence-corrected chi connectivity index (χ4v) is 8.36. The summed E-state index contributed by atoms with van der Waals surface area (Å²) in [5.41, 5.74) is 12.6. The van der Waals surface area contributed by atoms with Gasteiger partial charge in [0.05, 0.1) is 6.04 Å². The zero-order valence-corrected chi connectivity index (χ0v) is 27.1. The zero-order valence-electron chi connectivity index (χ0n) is 25.5. The number of piperazine rings is 1. The van der Waals surface area contributed by atoms with Gasteiger partial charge in [-0.3, -0.25) is 0 Å². The minimum Gasteiger partial charge on any atom is -0.362 e. The number of benzene rings is 4. The van der Waals surface area contributed by atoms with E-state index in [4.69, 9.17) is 0 Å². The normalized spacial score (nSPS) is 22.5. The Bertz CT molecular complexity index is 1490. The molecule has 0 spiro atoms. The highest BCUT2D eigenvalue weighted by Crippen LogP contribution is 2.57. The fourth-order valence-electron chi connectivity index (χ4n) is 8.36. The lowest BCUT2D eigenvalue weighted by Crippen LogP contribution is -2.46. The third-order valence-corrected chi connectivity index (χ3v) is 10.3. The number of likely N-dealkylation sites (N-methyl/N-ethyl adjacent to an activating group) is 1. The van der Waals surface area contributed by atoms with Crippen LogP contribution >= 0.6 is 24.8 Å². The predicted octanol–water partition coefficient (Wildman–Crippen LogP) is 8.14. The quantitative estimate of drug-likeness (QED) is 0.234. The summed E-state index contributed by atoms with van der Waals surface area (Å²) in [6.45, 7) is 4.49. The van der Waals surface area contributed by atoms with E-state index in [-0.39, 0.29) is 30.2 Å². The average molecular weight is 615 g/mol. The molecule has 2 aliphatic heterocycles. The van der Waals surface area contributed by atoms with Gasteiger partial charge in [-0.2, -0.15) is 0 Å². The van der Waals surface area contributed by atoms with Crippen molar-refractivity contribution in [2.75, 3.05) is 45.2 Å². The number of hydrogen-bond acceptors (Lipinski definition) is 3. The summed E-state index contributed by atoms with van der Waals surface area (Å²) in [7, 11) is 4.29. The SMILES string of the molecule is CN1CCN2c3ccccc3Cc3ccccc3C2C1.CNCCCC12CCC(c3ccccc31)c1ccccc12.Cl.Cl. The molecule has 1 fully saturated rings. The molecular weight excluding hydrogens is 569 g/mol. The van der Waals surface area contributed by atoms with Gasteiger partial charge in [0.2, 0.25) is 0 Å². The molecular formula is C38H45Cl2N3. The highest BCUT2D eigenvalue weighted by Gasteiger charge is 2.47. The molecule has 1 N–H and O–H groups in total. The Morgan fingerprint density at radius 2 is 1.35 bits per heavy atom. The highest BCUT2D eigenvalue weighted by atomic mass is 35.5. The van der Waals surface area contributed by atoms with Crippen molar-refractivity contribution < 1.29 is 0 Å². The Kier molecular flexibility index (Phi) is 9.88. The third kappa shape index (κ3) is 5.62. The van der Waals surface area contributed by atoms with Crippen LogP contribution in [0, 0.1) is 0 Å². The lowest BCUT2D eigenvalue weighted by atomic mass is 9.54. The van der Waals surface area contributed by atoms with E-state index in [1.807, 2.05) is 0 Å². The molecule has 5 heteroatoms. The van der Waals surface area contributed by atoms with Crippen LogP contribution in [0.3, 0.4) is 0 Å². The number of hydrogen-bond donors (Lipinski definition) is 1. The van der Waals surface area contributed by atoms with Crippen LogP contribution in [0.2, 0.25) is 0 Å². The van der Waals surface area contributed by atoms with Gasteiger partial charge in [-0.15, -0.1) is 24.8 Å². The second-order valence-corrected chi connectivity index (χ2v) is 12.5. The number of fused-ring (bicyclic) bond motifs is 6. The molecule has 2 heterocycles. The summed E-state index contributed by atoms with van der Waals surface area (Å²) in [6, 6.07) is 36.7. The lowest BCUT2D eigenvalue weighted by molar-refractivity contribution is 0.269. The summed E-state index contributed by atoms with van der Waals surface area (Å²) in [5.74, 6) is 0.628. The molecule has 2 bridgehead atoms. The number of nitrogens with one attached hydrogen (secondary N) is 1. The molecule has 226 valence electrons. The summed E-state index contributed by atoms with van der Waals surface area (Å²) < 4.78 is 0. The van der Waals surface area contributed by atoms with Crippen LogP contribution in [0.4, 0.5) is 5.69 Å². The Morgan fingerprint density at radius 1 is 0.744 bits per heavy atom. The first-order valence-electron chi connectivity index (χ1n) is 15.6. The van der Waals surface area contributed by atoms with Crippen molar-refractivity contribution in [2.24, 2.45) is 0 Å². The second kappa shape index (κ2) is 13.4. The second-order valence-electron chi connectivity index (χ2n) is 12.5. The highest BCUT2D eigenvalue weighted by molar-refractivity contribution is 5.85. The lowest BCUT2D eigenvalue weighted by Gasteiger charge is -2.50. The van der Waals surface area contributed by atoms with Gasteiger partial charge in [-0.05, 0) is 97.8 Å². The maximum atomic E-state index is 3.31. The molecule has 43 heavy (non-hydrogen) atoms. The number of rotatable bonds is 4. The van der Waals surface area contributed by atoms with E-state index in [1.54, 1.807) is 22.3 Å². The summed E-state index contributed by atoms with van der Waals surface area (Å²) in [6.07, 6.45) is 6.18. The van der Waals surface area contributed by atoms with Crippen molar-refractivity contribution in [1.82, 2.24) is 10.2 Å². The summed E-state index contributed by atoms with van der Waals surface area (Å²) >= 11 is 0. The Labute approximate surface area is 270 Å². The number of nitrogens with zero attached hydrogens (tertiary/aromatic N) is 2. The number of halogens is 2. The molecule has 0 aromatic heterocycles. The molecule has 0 saturated carbocycles. The Balaban J connectivity index is 0.000000164. The van der Waals surface area contributed by atoms with Gasteiger partial charge < -0.3 is 15.1 Å². The van der Waals surface area contributed by atoms with Gasteiger partial charge in [0.15, 0.2) is 0 Å². The Morgan fingerprint density at radius 3 is 2.05 bits per heavy atom. The largest absolute Gasteiger partial charge is 0.362 e. The first-order valence-corrected chi connectivity index (χ1v) is 15.6. The van der Waals surface area contributed by atoms with E-state index in [0.717, 1.165) is 32.6 Å². The van der Waals surface area contributed by atoms with Crippen molar-refractivity contribution in [3.63, 3.8) is 0 Å². The smallest absolute Gasteiger partial charge is 0.0672 e. The molecule has 3 nitrogen and oxygen atoms in total. The van der Waals surface area contributed by atoms with Crippen molar-refractivity contribution in [3.8, 4) is 0 Å². The predicted molar refractivity (Wildman–Crippen MR) is 186 cm³/mol. The van der Waals surface area contributed by atoms with Crippen LogP contribution in [-0.2, 0) is 11.8 Å². The van der Waals surface area contributed by atoms with Crippen LogP contribution in [0.1, 0.15) is 76.6 Å². The fraction of sp³-hybridized carbons (Fsp3) is 0.368. The topological polar surface area (TPSA) is 18.5 Å². The zero-order chi connectivity index (χ0) is 27.8. The van der Waals surface area contributed by atoms with E-state index >= 15 is 0 Å². The maximum absolute atomic E-state index is 3.31. The van der Waals surface area contributed by atoms with Crippen LogP contribution in [0.5, 0.6) is 0 Å². The van der Waals surface area contributed by atoms with E-state index in [9.17, 15) is 0 Å². The first-order chi connectivity index (χ1) is 20.2. The number of para-hydroxylation sites is 1. The molecule has 5 aliphatic rings. The van der Waals surface area contributed by atoms with Gasteiger partial charge in [-0.25, -0.2) is 0 Å². The standard InChI is InChI=1S/C20H23N.C18H20N2.2ClH/c1-21-14-6-12-20-13-11-15(16-7-2-4-9-18(16)20)17-8-3-5-10-19(17)20;1-19-10-11-20-17-9-5-3-7-15(17)12-14-6-2-4-8-16(14)18(20)13-19;;/h2-5,7-10,15,21H,6,11-14H2,1H3;2-9,18H,10-13H2,1H3;2*1H. The van der Waals surface area contributed by atoms with Gasteiger partial charge in [0.1, 0.15) is 0 Å². The summed E-state index contributed by atoms with van der Waals surface area (Å²) in [4.78, 5) is 5.06. The van der Waals surface area contributed by atoms with Crippen molar-refractivity contribution in [1.29, 1.82) is 0 Å². The van der Waals surface area contributed by atoms with E-state index in [0.29, 0.717) is 12.0 Å². The van der Waals surface area contributed by atoms with E-state index < -0.39 is 0 Å². The Hall–Kier alpha value is -2.82. The molecule has 1 saturated heterocycles. The van der Waals surface area contributed by atoms with Gasteiger partial charge in [0, 0.05) is 36.7 Å². The molecule has 1 atom stereocenters. The average Bonchev–Trinajstić information content (AvgIpc) is 3.16. The molecule has 3 aliphatic carbocycles. The molecule has 4 aromatic rings. The molecule has 0 radical (unpaired) electrons. The van der Waals surface area contributed by atoms with Crippen LogP contribution in [-0.4, -0.2) is 45.2 Å². The van der Waals surface area contributed by atoms with E-state index in [2.05, 4.69) is 126 Å². The van der Waals surface area contributed by atoms with Crippen LogP contribution in [0.15, 0.2) is 97.1 Å². The van der Waals surface area contributed by atoms with Crippen molar-refractivity contribution in [3.05, 3.63) is 136 Å². The maximum Gasteiger partial charge on any atom is 0.0672 e. The van der Waals surface area contributed by atoms with E-state index in [1.165, 1.54) is 48.1 Å².